The maximum absolute atomic E-state index is 14.2. The lowest BCUT2D eigenvalue weighted by atomic mass is 9.59. The fourth-order valence-electron chi connectivity index (χ4n) is 6.09. The summed E-state index contributed by atoms with van der Waals surface area (Å²) in [5, 5.41) is 0. The van der Waals surface area contributed by atoms with E-state index in [0.29, 0.717) is 0 Å². The largest absolute Gasteiger partial charge is 0.222 e. The lowest BCUT2D eigenvalue weighted by Gasteiger charge is -2.45. The predicted molar refractivity (Wildman–Crippen MR) is 134 cm³/mol. The van der Waals surface area contributed by atoms with E-state index < -0.39 is 23.8 Å². The molecule has 2 saturated carbocycles. The van der Waals surface area contributed by atoms with Crippen molar-refractivity contribution >= 4 is 19.7 Å². The van der Waals surface area contributed by atoms with Crippen LogP contribution in [0.2, 0.25) is 0 Å². The summed E-state index contributed by atoms with van der Waals surface area (Å²) < 4.78 is 55.0. The first-order chi connectivity index (χ1) is 16.2. The van der Waals surface area contributed by atoms with Crippen LogP contribution in [-0.2, 0) is 19.7 Å². The van der Waals surface area contributed by atoms with E-state index >= 15 is 0 Å². The Morgan fingerprint density at radius 2 is 1.12 bits per heavy atom. The maximum Gasteiger partial charge on any atom is 0.198 e. The molecule has 0 amide bonds. The van der Waals surface area contributed by atoms with Crippen molar-refractivity contribution in [2.24, 2.45) is 11.8 Å². The Kier molecular flexibility index (Phi) is 5.57. The molecule has 4 nitrogen and oxygen atoms in total. The molecule has 0 heterocycles. The van der Waals surface area contributed by atoms with Crippen molar-refractivity contribution in [1.29, 1.82) is 0 Å². The second kappa shape index (κ2) is 8.21. The normalized spacial score (nSPS) is 23.7. The number of allylic oxidation sites excluding steroid dienone is 2. The van der Waals surface area contributed by atoms with Crippen molar-refractivity contribution in [2.45, 2.75) is 46.5 Å². The molecule has 3 aromatic carbocycles. The molecule has 0 unspecified atom stereocenters. The van der Waals surface area contributed by atoms with Crippen molar-refractivity contribution in [1.82, 2.24) is 0 Å². The zero-order valence-corrected chi connectivity index (χ0v) is 20.9. The number of hydrogen-bond acceptors (Lipinski definition) is 4. The monoisotopic (exact) mass is 492 g/mol. The molecule has 3 atom stereocenters. The van der Waals surface area contributed by atoms with Gasteiger partial charge in [0.25, 0.3) is 0 Å². The van der Waals surface area contributed by atoms with Crippen LogP contribution in [0, 0.1) is 11.8 Å². The molecule has 0 N–H and O–H groups in total. The summed E-state index contributed by atoms with van der Waals surface area (Å²) in [6.45, 7) is 4.08. The third-order valence-electron chi connectivity index (χ3n) is 7.58. The highest BCUT2D eigenvalue weighted by Crippen LogP contribution is 2.66. The second-order valence-corrected chi connectivity index (χ2v) is 14.3. The van der Waals surface area contributed by atoms with Crippen molar-refractivity contribution in [3.63, 3.8) is 0 Å². The topological polar surface area (TPSA) is 68.3 Å². The SMILES string of the molecule is CC(C)=C1[C@H](c2ccccc2)[C@H]2CC(S(=O)(=O)c3ccccc3)(S(=O)(=O)c3ccccc3)C[C@@H]12. The highest BCUT2D eigenvalue weighted by atomic mass is 32.3. The van der Waals surface area contributed by atoms with Crippen LogP contribution < -0.4 is 0 Å². The molecule has 5 rings (SSSR count). The zero-order valence-electron chi connectivity index (χ0n) is 19.3. The van der Waals surface area contributed by atoms with E-state index in [1.54, 1.807) is 36.4 Å². The van der Waals surface area contributed by atoms with Crippen LogP contribution in [0.3, 0.4) is 0 Å². The minimum Gasteiger partial charge on any atom is -0.222 e. The van der Waals surface area contributed by atoms with Gasteiger partial charge in [0.15, 0.2) is 23.8 Å². The Morgan fingerprint density at radius 1 is 0.676 bits per heavy atom. The quantitative estimate of drug-likeness (QED) is 0.423. The minimum atomic E-state index is -4.20. The first-order valence-electron chi connectivity index (χ1n) is 11.5. The predicted octanol–water partition coefficient (Wildman–Crippen LogP) is 5.79. The molecule has 0 aromatic heterocycles. The van der Waals surface area contributed by atoms with Crippen molar-refractivity contribution < 1.29 is 16.8 Å². The highest BCUT2D eigenvalue weighted by Gasteiger charge is 2.68. The van der Waals surface area contributed by atoms with Gasteiger partial charge in [0.1, 0.15) is 0 Å². The number of sulfone groups is 2. The lowest BCUT2D eigenvalue weighted by molar-refractivity contribution is 0.271. The van der Waals surface area contributed by atoms with Crippen LogP contribution in [0.1, 0.15) is 38.2 Å². The third-order valence-corrected chi connectivity index (χ3v) is 13.3. The highest BCUT2D eigenvalue weighted by molar-refractivity contribution is 8.10. The first kappa shape index (κ1) is 23.1. The van der Waals surface area contributed by atoms with Crippen LogP contribution >= 0.6 is 0 Å². The molecule has 0 radical (unpaired) electrons. The van der Waals surface area contributed by atoms with Gasteiger partial charge in [0.2, 0.25) is 0 Å². The first-order valence-corrected chi connectivity index (χ1v) is 14.5. The zero-order chi connectivity index (χ0) is 24.1. The molecule has 0 spiro atoms. The van der Waals surface area contributed by atoms with Crippen molar-refractivity contribution in [2.75, 3.05) is 0 Å². The van der Waals surface area contributed by atoms with Crippen molar-refractivity contribution in [3.05, 3.63) is 108 Å². The van der Waals surface area contributed by atoms with Crippen LogP contribution in [0.5, 0.6) is 0 Å². The fraction of sp³-hybridized carbons (Fsp3) is 0.286. The van der Waals surface area contributed by atoms with Crippen LogP contribution in [0.15, 0.2) is 112 Å². The summed E-state index contributed by atoms with van der Waals surface area (Å²) in [4.78, 5) is 0.122. The van der Waals surface area contributed by atoms with Gasteiger partial charge in [-0.05, 0) is 68.4 Å². The number of benzene rings is 3. The van der Waals surface area contributed by atoms with Gasteiger partial charge in [-0.25, -0.2) is 16.8 Å². The van der Waals surface area contributed by atoms with Gasteiger partial charge < -0.3 is 0 Å². The summed E-state index contributed by atoms with van der Waals surface area (Å²) in [6, 6.07) is 26.1. The Hall–Kier alpha value is -2.70. The molecule has 0 bridgehead atoms. The molecule has 2 aliphatic carbocycles. The van der Waals surface area contributed by atoms with E-state index in [2.05, 4.69) is 12.1 Å². The molecule has 0 aliphatic heterocycles. The Morgan fingerprint density at radius 3 is 1.56 bits per heavy atom. The second-order valence-electron chi connectivity index (χ2n) is 9.57. The van der Waals surface area contributed by atoms with Gasteiger partial charge in [-0.2, -0.15) is 0 Å². The number of rotatable bonds is 5. The average molecular weight is 493 g/mol. The van der Waals surface area contributed by atoms with Crippen LogP contribution in [0.25, 0.3) is 0 Å². The van der Waals surface area contributed by atoms with Crippen LogP contribution in [0.4, 0.5) is 0 Å². The smallest absolute Gasteiger partial charge is 0.198 e. The van der Waals surface area contributed by atoms with E-state index in [0.717, 1.165) is 11.1 Å². The molecule has 6 heteroatoms. The molecule has 3 aromatic rings. The molecular weight excluding hydrogens is 464 g/mol. The van der Waals surface area contributed by atoms with Gasteiger partial charge in [0.05, 0.1) is 9.79 Å². The summed E-state index contributed by atoms with van der Waals surface area (Å²) in [5.74, 6) is -0.0912. The minimum absolute atomic E-state index is 0.0371. The van der Waals surface area contributed by atoms with Gasteiger partial charge in [-0.1, -0.05) is 77.9 Å². The fourth-order valence-corrected chi connectivity index (χ4v) is 11.3. The van der Waals surface area contributed by atoms with Crippen LogP contribution in [-0.4, -0.2) is 20.9 Å². The Labute approximate surface area is 202 Å². The van der Waals surface area contributed by atoms with Gasteiger partial charge in [0, 0.05) is 5.92 Å². The standard InChI is InChI=1S/C28H28O4S2/c1-20(2)26-24-18-28(33(29,30)22-14-8-4-9-15-22,34(31,32)23-16-10-5-11-17-23)19-25(24)27(26)21-12-6-3-7-13-21/h3-17,24-25,27H,18-19H2,1-2H3/t24-,25+,27-/m1/s1. The van der Waals surface area contributed by atoms with Crippen molar-refractivity contribution in [3.8, 4) is 0 Å². The van der Waals surface area contributed by atoms with E-state index in [4.69, 9.17) is 0 Å². The van der Waals surface area contributed by atoms with Gasteiger partial charge >= 0.3 is 0 Å². The summed E-state index contributed by atoms with van der Waals surface area (Å²) in [5.41, 5.74) is 3.44. The van der Waals surface area contributed by atoms with Gasteiger partial charge in [-0.15, -0.1) is 0 Å². The maximum atomic E-state index is 14.2. The summed E-state index contributed by atoms with van der Waals surface area (Å²) in [7, 11) is -8.39. The average Bonchev–Trinajstić information content (AvgIpc) is 3.17. The molecule has 2 aliphatic rings. The number of hydrogen-bond donors (Lipinski definition) is 0. The molecule has 0 saturated heterocycles. The summed E-state index contributed by atoms with van der Waals surface area (Å²) in [6.07, 6.45) is 0.165. The summed E-state index contributed by atoms with van der Waals surface area (Å²) >= 11 is 0. The third kappa shape index (κ3) is 3.23. The Bertz CT molecular complexity index is 1370. The Balaban J connectivity index is 1.72. The van der Waals surface area contributed by atoms with E-state index in [-0.39, 0.29) is 40.4 Å². The number of fused-ring (bicyclic) bond motifs is 1. The van der Waals surface area contributed by atoms with Gasteiger partial charge in [-0.3, -0.25) is 0 Å². The molecule has 2 fully saturated rings. The van der Waals surface area contributed by atoms with E-state index in [1.807, 2.05) is 32.0 Å². The van der Waals surface area contributed by atoms with E-state index in [9.17, 15) is 16.8 Å². The molecule has 176 valence electrons. The lowest BCUT2D eigenvalue weighted by Crippen LogP contribution is -2.44. The molecule has 34 heavy (non-hydrogen) atoms. The molecular formula is C28H28O4S2. The van der Waals surface area contributed by atoms with E-state index in [1.165, 1.54) is 29.8 Å².